The maximum atomic E-state index is 5.95. The zero-order chi connectivity index (χ0) is 12.4. The molecular formula is C11H18N4S2. The van der Waals surface area contributed by atoms with Crippen molar-refractivity contribution in [2.45, 2.75) is 36.6 Å². The topological polar surface area (TPSA) is 69.3 Å². The second-order valence-electron chi connectivity index (χ2n) is 4.29. The molecule has 0 amide bonds. The highest BCUT2D eigenvalue weighted by molar-refractivity contribution is 7.99. The number of fused-ring (bicyclic) bond motifs is 1. The second-order valence-corrected chi connectivity index (χ2v) is 6.72. The van der Waals surface area contributed by atoms with Crippen molar-refractivity contribution in [1.82, 2.24) is 9.38 Å². The molecule has 94 valence electrons. The summed E-state index contributed by atoms with van der Waals surface area (Å²) >= 11 is 3.44. The highest BCUT2D eigenvalue weighted by Crippen LogP contribution is 2.29. The average Bonchev–Trinajstić information content (AvgIpc) is 2.81. The van der Waals surface area contributed by atoms with Crippen LogP contribution in [0.3, 0.4) is 0 Å². The molecule has 2 rings (SSSR count). The molecule has 0 radical (unpaired) electrons. The first kappa shape index (κ1) is 12.9. The van der Waals surface area contributed by atoms with Gasteiger partial charge in [-0.3, -0.25) is 4.40 Å². The molecule has 6 heteroatoms. The number of thiazole rings is 1. The van der Waals surface area contributed by atoms with Crippen molar-refractivity contribution in [3.63, 3.8) is 0 Å². The molecule has 0 saturated heterocycles. The van der Waals surface area contributed by atoms with E-state index in [4.69, 9.17) is 11.5 Å². The van der Waals surface area contributed by atoms with Gasteiger partial charge in [-0.15, -0.1) is 23.1 Å². The Balaban J connectivity index is 2.36. The minimum absolute atomic E-state index is 0.00122. The molecule has 2 aromatic rings. The van der Waals surface area contributed by atoms with Crippen molar-refractivity contribution in [2.24, 2.45) is 11.5 Å². The fourth-order valence-electron chi connectivity index (χ4n) is 1.65. The second kappa shape index (κ2) is 5.39. The molecule has 0 fully saturated rings. The Morgan fingerprint density at radius 2 is 2.29 bits per heavy atom. The lowest BCUT2D eigenvalue weighted by molar-refractivity contribution is 0.656. The van der Waals surface area contributed by atoms with Gasteiger partial charge in [-0.1, -0.05) is 13.8 Å². The van der Waals surface area contributed by atoms with Crippen molar-refractivity contribution in [2.75, 3.05) is 6.54 Å². The molecule has 0 spiro atoms. The zero-order valence-corrected chi connectivity index (χ0v) is 11.7. The van der Waals surface area contributed by atoms with Gasteiger partial charge in [-0.2, -0.15) is 0 Å². The summed E-state index contributed by atoms with van der Waals surface area (Å²) in [5.41, 5.74) is 12.7. The predicted molar refractivity (Wildman–Crippen MR) is 74.8 cm³/mol. The zero-order valence-electron chi connectivity index (χ0n) is 10.1. The summed E-state index contributed by atoms with van der Waals surface area (Å²) in [4.78, 5) is 5.68. The quantitative estimate of drug-likeness (QED) is 0.812. The van der Waals surface area contributed by atoms with Gasteiger partial charge < -0.3 is 11.5 Å². The van der Waals surface area contributed by atoms with Gasteiger partial charge in [0.15, 0.2) is 4.96 Å². The van der Waals surface area contributed by atoms with Crippen LogP contribution in [0.5, 0.6) is 0 Å². The summed E-state index contributed by atoms with van der Waals surface area (Å²) in [5.74, 6) is 0. The molecule has 1 atom stereocenters. The molecule has 2 aromatic heterocycles. The van der Waals surface area contributed by atoms with E-state index in [0.29, 0.717) is 11.8 Å². The highest BCUT2D eigenvalue weighted by Gasteiger charge is 2.16. The first-order valence-corrected chi connectivity index (χ1v) is 7.44. The SMILES string of the molecule is CC(C)Sc1nc2sccn2c1CC(N)CN. The van der Waals surface area contributed by atoms with Crippen LogP contribution in [0.1, 0.15) is 19.5 Å². The molecule has 4 N–H and O–H groups in total. The third-order valence-corrected chi connectivity index (χ3v) is 4.21. The van der Waals surface area contributed by atoms with Crippen LogP contribution in [0.25, 0.3) is 4.96 Å². The van der Waals surface area contributed by atoms with Gasteiger partial charge in [0.2, 0.25) is 0 Å². The van der Waals surface area contributed by atoms with Crippen LogP contribution in [0.4, 0.5) is 0 Å². The van der Waals surface area contributed by atoms with Gasteiger partial charge >= 0.3 is 0 Å². The smallest absolute Gasteiger partial charge is 0.194 e. The molecule has 1 unspecified atom stereocenters. The molecule has 4 nitrogen and oxygen atoms in total. The Hall–Kier alpha value is -0.560. The maximum Gasteiger partial charge on any atom is 0.194 e. The molecule has 0 aliphatic rings. The van der Waals surface area contributed by atoms with Gasteiger partial charge in [0.25, 0.3) is 0 Å². The van der Waals surface area contributed by atoms with Gasteiger partial charge in [0.05, 0.1) is 5.69 Å². The monoisotopic (exact) mass is 270 g/mol. The summed E-state index contributed by atoms with van der Waals surface area (Å²) < 4.78 is 2.13. The minimum atomic E-state index is 0.00122. The summed E-state index contributed by atoms with van der Waals surface area (Å²) in [6.45, 7) is 4.85. The number of thioether (sulfide) groups is 1. The van der Waals surface area contributed by atoms with Crippen molar-refractivity contribution in [3.8, 4) is 0 Å². The maximum absolute atomic E-state index is 5.95. The third kappa shape index (κ3) is 2.82. The molecule has 0 aromatic carbocycles. The molecule has 17 heavy (non-hydrogen) atoms. The van der Waals surface area contributed by atoms with Gasteiger partial charge in [-0.25, -0.2) is 4.98 Å². The van der Waals surface area contributed by atoms with Crippen molar-refractivity contribution in [1.29, 1.82) is 0 Å². The van der Waals surface area contributed by atoms with Crippen LogP contribution in [0.15, 0.2) is 16.6 Å². The molecule has 0 aliphatic carbocycles. The lowest BCUT2D eigenvalue weighted by Gasteiger charge is -2.10. The number of imidazole rings is 1. The van der Waals surface area contributed by atoms with Gasteiger partial charge in [0.1, 0.15) is 5.03 Å². The number of rotatable bonds is 5. The summed E-state index contributed by atoms with van der Waals surface area (Å²) in [5, 5.41) is 3.66. The normalized spacial score (nSPS) is 13.7. The molecule has 0 aliphatic heterocycles. The van der Waals surface area contributed by atoms with Crippen LogP contribution in [-0.2, 0) is 6.42 Å². The molecular weight excluding hydrogens is 252 g/mol. The molecule has 0 bridgehead atoms. The fraction of sp³-hybridized carbons (Fsp3) is 0.545. The number of hydrogen-bond donors (Lipinski definition) is 2. The number of hydrogen-bond acceptors (Lipinski definition) is 5. The van der Waals surface area contributed by atoms with Crippen molar-refractivity contribution < 1.29 is 0 Å². The third-order valence-electron chi connectivity index (χ3n) is 2.43. The lowest BCUT2D eigenvalue weighted by atomic mass is 10.2. The number of nitrogens with two attached hydrogens (primary N) is 2. The largest absolute Gasteiger partial charge is 0.329 e. The van der Waals surface area contributed by atoms with E-state index in [1.165, 1.54) is 5.69 Å². The van der Waals surface area contributed by atoms with Crippen LogP contribution in [-0.4, -0.2) is 27.2 Å². The van der Waals surface area contributed by atoms with E-state index < -0.39 is 0 Å². The van der Waals surface area contributed by atoms with E-state index in [9.17, 15) is 0 Å². The Labute approximate surface area is 109 Å². The standard InChI is InChI=1S/C11H18N4S2/c1-7(2)17-10-9(5-8(13)6-12)15-3-4-16-11(15)14-10/h3-4,7-8H,5-6,12-13H2,1-2H3. The van der Waals surface area contributed by atoms with Crippen molar-refractivity contribution in [3.05, 3.63) is 17.3 Å². The Morgan fingerprint density at radius 1 is 1.53 bits per heavy atom. The fourth-order valence-corrected chi connectivity index (χ4v) is 3.34. The Bertz CT molecular complexity index is 489. The first-order valence-electron chi connectivity index (χ1n) is 5.68. The summed E-state index contributed by atoms with van der Waals surface area (Å²) in [7, 11) is 0. The first-order chi connectivity index (χ1) is 8.11. The van der Waals surface area contributed by atoms with Crippen LogP contribution >= 0.6 is 23.1 Å². The van der Waals surface area contributed by atoms with Crippen LogP contribution < -0.4 is 11.5 Å². The number of aromatic nitrogens is 2. The van der Waals surface area contributed by atoms with E-state index in [1.807, 2.05) is 5.38 Å². The van der Waals surface area contributed by atoms with E-state index in [0.717, 1.165) is 16.4 Å². The number of nitrogens with zero attached hydrogens (tertiary/aromatic N) is 2. The summed E-state index contributed by atoms with van der Waals surface area (Å²) in [6, 6.07) is 0.00122. The van der Waals surface area contributed by atoms with Crippen LogP contribution in [0.2, 0.25) is 0 Å². The van der Waals surface area contributed by atoms with E-state index in [1.54, 1.807) is 23.1 Å². The van der Waals surface area contributed by atoms with E-state index in [-0.39, 0.29) is 6.04 Å². The summed E-state index contributed by atoms with van der Waals surface area (Å²) in [6.07, 6.45) is 2.83. The van der Waals surface area contributed by atoms with Crippen molar-refractivity contribution >= 4 is 28.1 Å². The van der Waals surface area contributed by atoms with Gasteiger partial charge in [-0.05, 0) is 0 Å². The van der Waals surface area contributed by atoms with E-state index >= 15 is 0 Å². The lowest BCUT2D eigenvalue weighted by Crippen LogP contribution is -2.32. The Morgan fingerprint density at radius 3 is 2.94 bits per heavy atom. The highest BCUT2D eigenvalue weighted by atomic mass is 32.2. The molecule has 2 heterocycles. The minimum Gasteiger partial charge on any atom is -0.329 e. The van der Waals surface area contributed by atoms with Crippen LogP contribution in [0, 0.1) is 0 Å². The van der Waals surface area contributed by atoms with E-state index in [2.05, 4.69) is 29.4 Å². The average molecular weight is 270 g/mol. The predicted octanol–water partition coefficient (Wildman–Crippen LogP) is 1.72. The van der Waals surface area contributed by atoms with Gasteiger partial charge in [0, 0.05) is 35.8 Å². The Kier molecular flexibility index (Phi) is 4.09. The molecule has 0 saturated carbocycles.